The fraction of sp³-hybridized carbons (Fsp3) is 0.474. The third-order valence-electron chi connectivity index (χ3n) is 4.68. The third-order valence-corrected chi connectivity index (χ3v) is 4.68. The van der Waals surface area contributed by atoms with Crippen LogP contribution in [0.1, 0.15) is 43.2 Å². The summed E-state index contributed by atoms with van der Waals surface area (Å²) in [4.78, 5) is 14.2. The van der Waals surface area contributed by atoms with Crippen molar-refractivity contribution in [2.24, 2.45) is 0 Å². The van der Waals surface area contributed by atoms with Gasteiger partial charge in [-0.1, -0.05) is 25.3 Å². The number of carbonyl (C=O) groups is 1. The summed E-state index contributed by atoms with van der Waals surface area (Å²) >= 11 is 0. The van der Waals surface area contributed by atoms with E-state index in [1.807, 2.05) is 31.2 Å². The fourth-order valence-electron chi connectivity index (χ4n) is 2.95. The van der Waals surface area contributed by atoms with Crippen molar-refractivity contribution in [3.05, 3.63) is 41.1 Å². The first-order valence-electron chi connectivity index (χ1n) is 8.24. The SMILES string of the molecule is Cc1ccc(N/C=C(/C#N)C(=O)N(C)C2CCCCC2)cc1C. The first kappa shape index (κ1) is 17.1. The molecule has 1 saturated carbocycles. The first-order chi connectivity index (χ1) is 11.0. The van der Waals surface area contributed by atoms with E-state index >= 15 is 0 Å². The lowest BCUT2D eigenvalue weighted by molar-refractivity contribution is -0.128. The van der Waals surface area contributed by atoms with Gasteiger partial charge in [-0.25, -0.2) is 0 Å². The summed E-state index contributed by atoms with van der Waals surface area (Å²) in [6.07, 6.45) is 7.15. The van der Waals surface area contributed by atoms with Crippen molar-refractivity contribution in [1.29, 1.82) is 5.26 Å². The average Bonchev–Trinajstić information content (AvgIpc) is 2.58. The second-order valence-corrected chi connectivity index (χ2v) is 6.32. The maximum atomic E-state index is 12.5. The third kappa shape index (κ3) is 4.35. The van der Waals surface area contributed by atoms with Crippen LogP contribution in [0.15, 0.2) is 30.0 Å². The van der Waals surface area contributed by atoms with Crippen LogP contribution in [-0.2, 0) is 4.79 Å². The van der Waals surface area contributed by atoms with Gasteiger partial charge in [-0.15, -0.1) is 0 Å². The van der Waals surface area contributed by atoms with Gasteiger partial charge in [-0.2, -0.15) is 5.26 Å². The Balaban J connectivity index is 2.06. The molecule has 0 bridgehead atoms. The number of hydrogen-bond acceptors (Lipinski definition) is 3. The molecule has 4 heteroatoms. The molecule has 1 aliphatic rings. The second-order valence-electron chi connectivity index (χ2n) is 6.32. The van der Waals surface area contributed by atoms with Crippen molar-refractivity contribution in [3.63, 3.8) is 0 Å². The van der Waals surface area contributed by atoms with E-state index in [-0.39, 0.29) is 17.5 Å². The fourth-order valence-corrected chi connectivity index (χ4v) is 2.95. The van der Waals surface area contributed by atoms with Crippen LogP contribution in [0.2, 0.25) is 0 Å². The molecule has 1 N–H and O–H groups in total. The number of likely N-dealkylation sites (N-methyl/N-ethyl adjacent to an activating group) is 1. The molecule has 0 spiro atoms. The molecular formula is C19H25N3O. The minimum absolute atomic E-state index is 0.149. The standard InChI is InChI=1S/C19H25N3O/c1-14-9-10-17(11-15(14)2)21-13-16(12-20)19(23)22(3)18-7-5-4-6-8-18/h9-11,13,18,21H,4-8H2,1-3H3/b16-13-. The van der Waals surface area contributed by atoms with Gasteiger partial charge in [0, 0.05) is 25.0 Å². The number of rotatable bonds is 4. The normalized spacial score (nSPS) is 15.8. The highest BCUT2D eigenvalue weighted by molar-refractivity contribution is 5.97. The second kappa shape index (κ2) is 7.82. The highest BCUT2D eigenvalue weighted by Crippen LogP contribution is 2.22. The Kier molecular flexibility index (Phi) is 5.81. The van der Waals surface area contributed by atoms with Gasteiger partial charge in [0.25, 0.3) is 5.91 Å². The summed E-state index contributed by atoms with van der Waals surface area (Å²) in [5, 5.41) is 12.4. The molecule has 4 nitrogen and oxygen atoms in total. The monoisotopic (exact) mass is 311 g/mol. The Morgan fingerprint density at radius 2 is 1.96 bits per heavy atom. The highest BCUT2D eigenvalue weighted by Gasteiger charge is 2.24. The Hall–Kier alpha value is -2.28. The minimum Gasteiger partial charge on any atom is -0.360 e. The molecule has 1 aromatic rings. The van der Waals surface area contributed by atoms with Gasteiger partial charge in [0.2, 0.25) is 0 Å². The van der Waals surface area contributed by atoms with Crippen molar-refractivity contribution >= 4 is 11.6 Å². The zero-order chi connectivity index (χ0) is 16.8. The molecule has 0 heterocycles. The molecule has 0 radical (unpaired) electrons. The van der Waals surface area contributed by atoms with Crippen molar-refractivity contribution in [2.45, 2.75) is 52.0 Å². The molecule has 0 aromatic heterocycles. The zero-order valence-electron chi connectivity index (χ0n) is 14.2. The Bertz CT molecular complexity index is 637. The maximum absolute atomic E-state index is 12.5. The number of hydrogen-bond donors (Lipinski definition) is 1. The summed E-state index contributed by atoms with van der Waals surface area (Å²) in [6, 6.07) is 8.26. The molecular weight excluding hydrogens is 286 g/mol. The molecule has 1 aromatic carbocycles. The van der Waals surface area contributed by atoms with Gasteiger partial charge in [-0.3, -0.25) is 4.79 Å². The number of carbonyl (C=O) groups excluding carboxylic acids is 1. The van der Waals surface area contributed by atoms with Gasteiger partial charge in [0.1, 0.15) is 11.6 Å². The molecule has 2 rings (SSSR count). The van der Waals surface area contributed by atoms with Crippen molar-refractivity contribution in [3.8, 4) is 6.07 Å². The number of anilines is 1. The van der Waals surface area contributed by atoms with Crippen LogP contribution in [0.3, 0.4) is 0 Å². The van der Waals surface area contributed by atoms with Gasteiger partial charge in [0.05, 0.1) is 0 Å². The number of nitrogens with one attached hydrogen (secondary N) is 1. The molecule has 122 valence electrons. The summed E-state index contributed by atoms with van der Waals surface area (Å²) in [5.74, 6) is -0.198. The van der Waals surface area contributed by atoms with E-state index in [1.165, 1.54) is 23.7 Å². The van der Waals surface area contributed by atoms with Crippen LogP contribution in [0.5, 0.6) is 0 Å². The molecule has 0 aliphatic heterocycles. The lowest BCUT2D eigenvalue weighted by Gasteiger charge is -2.31. The number of aryl methyl sites for hydroxylation is 2. The van der Waals surface area contributed by atoms with Crippen LogP contribution in [0, 0.1) is 25.2 Å². The molecule has 0 atom stereocenters. The molecule has 1 amide bonds. The molecule has 0 saturated heterocycles. The molecule has 0 unspecified atom stereocenters. The predicted octanol–water partition coefficient (Wildman–Crippen LogP) is 3.91. The molecule has 1 aliphatic carbocycles. The summed E-state index contributed by atoms with van der Waals surface area (Å²) < 4.78 is 0. The summed E-state index contributed by atoms with van der Waals surface area (Å²) in [6.45, 7) is 4.09. The number of benzene rings is 1. The van der Waals surface area contributed by atoms with Gasteiger partial charge in [0.15, 0.2) is 0 Å². The average molecular weight is 311 g/mol. The smallest absolute Gasteiger partial charge is 0.266 e. The zero-order valence-corrected chi connectivity index (χ0v) is 14.2. The topological polar surface area (TPSA) is 56.1 Å². The van der Waals surface area contributed by atoms with Crippen LogP contribution in [0.25, 0.3) is 0 Å². The molecule has 23 heavy (non-hydrogen) atoms. The van der Waals surface area contributed by atoms with E-state index in [2.05, 4.69) is 12.2 Å². The van der Waals surface area contributed by atoms with Gasteiger partial charge >= 0.3 is 0 Å². The van der Waals surface area contributed by atoms with Crippen molar-refractivity contribution in [2.75, 3.05) is 12.4 Å². The summed E-state index contributed by atoms with van der Waals surface area (Å²) in [7, 11) is 1.81. The first-order valence-corrected chi connectivity index (χ1v) is 8.24. The van der Waals surface area contributed by atoms with Crippen LogP contribution < -0.4 is 5.32 Å². The Labute approximate surface area is 138 Å². The van der Waals surface area contributed by atoms with E-state index in [0.29, 0.717) is 0 Å². The maximum Gasteiger partial charge on any atom is 0.266 e. The van der Waals surface area contributed by atoms with Crippen molar-refractivity contribution < 1.29 is 4.79 Å². The number of amides is 1. The predicted molar refractivity (Wildman–Crippen MR) is 92.9 cm³/mol. The van der Waals surface area contributed by atoms with E-state index in [0.717, 1.165) is 31.4 Å². The van der Waals surface area contributed by atoms with Crippen LogP contribution in [0.4, 0.5) is 5.69 Å². The quantitative estimate of drug-likeness (QED) is 0.677. The van der Waals surface area contributed by atoms with Crippen LogP contribution in [-0.4, -0.2) is 23.9 Å². The van der Waals surface area contributed by atoms with E-state index in [9.17, 15) is 10.1 Å². The van der Waals surface area contributed by atoms with Crippen molar-refractivity contribution in [1.82, 2.24) is 4.90 Å². The van der Waals surface area contributed by atoms with E-state index in [1.54, 1.807) is 11.9 Å². The van der Waals surface area contributed by atoms with Gasteiger partial charge in [-0.05, 0) is 49.9 Å². The largest absolute Gasteiger partial charge is 0.360 e. The molecule has 1 fully saturated rings. The van der Waals surface area contributed by atoms with Gasteiger partial charge < -0.3 is 10.2 Å². The lowest BCUT2D eigenvalue weighted by Crippen LogP contribution is -2.39. The Morgan fingerprint density at radius 3 is 2.57 bits per heavy atom. The van der Waals surface area contributed by atoms with E-state index < -0.39 is 0 Å². The van der Waals surface area contributed by atoms with Crippen LogP contribution >= 0.6 is 0 Å². The number of nitrogens with zero attached hydrogens (tertiary/aromatic N) is 2. The number of nitriles is 1. The lowest BCUT2D eigenvalue weighted by atomic mass is 9.94. The minimum atomic E-state index is -0.198. The van der Waals surface area contributed by atoms with E-state index in [4.69, 9.17) is 0 Å². The summed E-state index contributed by atoms with van der Waals surface area (Å²) in [5.41, 5.74) is 3.42. The highest BCUT2D eigenvalue weighted by atomic mass is 16.2. The Morgan fingerprint density at radius 1 is 1.26 bits per heavy atom.